The number of methoxy groups -OCH3 is 1. The molecule has 0 spiro atoms. The Balaban J connectivity index is 2.19. The van der Waals surface area contributed by atoms with Gasteiger partial charge in [-0.05, 0) is 18.2 Å². The zero-order chi connectivity index (χ0) is 12.3. The Morgan fingerprint density at radius 3 is 2.94 bits per heavy atom. The van der Waals surface area contributed by atoms with Gasteiger partial charge in [0.25, 0.3) is 0 Å². The minimum Gasteiger partial charge on any atom is -0.497 e. The van der Waals surface area contributed by atoms with Gasteiger partial charge in [0.15, 0.2) is 0 Å². The van der Waals surface area contributed by atoms with Crippen molar-refractivity contribution in [2.45, 2.75) is 6.92 Å². The molecule has 90 valence electrons. The van der Waals surface area contributed by atoms with Crippen molar-refractivity contribution in [1.82, 2.24) is 4.98 Å². The van der Waals surface area contributed by atoms with Crippen LogP contribution in [0.4, 0.5) is 0 Å². The van der Waals surface area contributed by atoms with Crippen molar-refractivity contribution >= 4 is 16.9 Å². The minimum absolute atomic E-state index is 0.0977. The summed E-state index contributed by atoms with van der Waals surface area (Å²) in [6.45, 7) is 1.24. The van der Waals surface area contributed by atoms with Gasteiger partial charge >= 0.3 is 5.97 Å². The van der Waals surface area contributed by atoms with E-state index in [1.807, 2.05) is 18.2 Å². The van der Waals surface area contributed by atoms with Gasteiger partial charge in [0, 0.05) is 24.0 Å². The van der Waals surface area contributed by atoms with Crippen LogP contribution >= 0.6 is 0 Å². The van der Waals surface area contributed by atoms with Crippen molar-refractivity contribution in [3.05, 3.63) is 24.4 Å². The van der Waals surface area contributed by atoms with E-state index in [2.05, 4.69) is 4.98 Å². The number of ether oxygens (including phenoxy) is 3. The Morgan fingerprint density at radius 1 is 1.41 bits per heavy atom. The SMILES string of the molecule is COc1ccc2[nH]cc(OCOC(C)=O)c2c1. The lowest BCUT2D eigenvalue weighted by Gasteiger charge is -2.05. The van der Waals surface area contributed by atoms with Gasteiger partial charge < -0.3 is 19.2 Å². The van der Waals surface area contributed by atoms with Crippen molar-refractivity contribution in [2.24, 2.45) is 0 Å². The molecule has 0 aliphatic carbocycles. The minimum atomic E-state index is -0.373. The van der Waals surface area contributed by atoms with E-state index >= 15 is 0 Å². The van der Waals surface area contributed by atoms with Crippen LogP contribution in [0.2, 0.25) is 0 Å². The number of carbonyl (C=O) groups excluding carboxylic acids is 1. The molecule has 17 heavy (non-hydrogen) atoms. The third-order valence-electron chi connectivity index (χ3n) is 2.33. The van der Waals surface area contributed by atoms with E-state index in [1.165, 1.54) is 6.92 Å². The first-order chi connectivity index (χ1) is 8.20. The number of fused-ring (bicyclic) bond motifs is 1. The number of esters is 1. The van der Waals surface area contributed by atoms with E-state index in [9.17, 15) is 4.79 Å². The van der Waals surface area contributed by atoms with E-state index in [-0.39, 0.29) is 12.8 Å². The molecule has 0 radical (unpaired) electrons. The molecule has 0 unspecified atom stereocenters. The van der Waals surface area contributed by atoms with E-state index in [4.69, 9.17) is 14.2 Å². The summed E-state index contributed by atoms with van der Waals surface area (Å²) in [5.74, 6) is 0.997. The van der Waals surface area contributed by atoms with Crippen LogP contribution in [0.1, 0.15) is 6.92 Å². The summed E-state index contributed by atoms with van der Waals surface area (Å²) in [7, 11) is 1.60. The molecule has 2 rings (SSSR count). The lowest BCUT2D eigenvalue weighted by molar-refractivity contribution is -0.147. The Kier molecular flexibility index (Phi) is 3.18. The Morgan fingerprint density at radius 2 is 2.24 bits per heavy atom. The van der Waals surface area contributed by atoms with Gasteiger partial charge in [-0.2, -0.15) is 0 Å². The van der Waals surface area contributed by atoms with E-state index in [0.29, 0.717) is 5.75 Å². The molecule has 0 atom stereocenters. The van der Waals surface area contributed by atoms with E-state index < -0.39 is 0 Å². The fourth-order valence-electron chi connectivity index (χ4n) is 1.50. The summed E-state index contributed by atoms with van der Waals surface area (Å²) in [5.41, 5.74) is 0.934. The van der Waals surface area contributed by atoms with Crippen LogP contribution in [0, 0.1) is 0 Å². The molecule has 1 heterocycles. The van der Waals surface area contributed by atoms with Crippen molar-refractivity contribution in [3.8, 4) is 11.5 Å². The molecular weight excluding hydrogens is 222 g/mol. The van der Waals surface area contributed by atoms with Crippen LogP contribution in [0.25, 0.3) is 10.9 Å². The van der Waals surface area contributed by atoms with Gasteiger partial charge in [-0.3, -0.25) is 4.79 Å². The molecule has 0 aliphatic rings. The molecular formula is C12H13NO4. The first-order valence-electron chi connectivity index (χ1n) is 5.12. The second kappa shape index (κ2) is 4.78. The van der Waals surface area contributed by atoms with Crippen molar-refractivity contribution in [3.63, 3.8) is 0 Å². The zero-order valence-electron chi connectivity index (χ0n) is 9.65. The third-order valence-corrected chi connectivity index (χ3v) is 2.33. The number of carbonyl (C=O) groups is 1. The summed E-state index contributed by atoms with van der Waals surface area (Å²) in [6.07, 6.45) is 1.72. The fraction of sp³-hybridized carbons (Fsp3) is 0.250. The highest BCUT2D eigenvalue weighted by Crippen LogP contribution is 2.28. The van der Waals surface area contributed by atoms with Crippen LogP contribution < -0.4 is 9.47 Å². The first kappa shape index (κ1) is 11.3. The maximum Gasteiger partial charge on any atom is 0.305 e. The topological polar surface area (TPSA) is 60.6 Å². The van der Waals surface area contributed by atoms with Gasteiger partial charge in [-0.15, -0.1) is 0 Å². The smallest absolute Gasteiger partial charge is 0.305 e. The predicted octanol–water partition coefficient (Wildman–Crippen LogP) is 2.08. The molecule has 0 saturated carbocycles. The van der Waals surface area contributed by atoms with Crippen LogP contribution in [-0.4, -0.2) is 24.9 Å². The first-order valence-corrected chi connectivity index (χ1v) is 5.12. The second-order valence-corrected chi connectivity index (χ2v) is 3.46. The maximum absolute atomic E-state index is 10.6. The second-order valence-electron chi connectivity index (χ2n) is 3.46. The van der Waals surface area contributed by atoms with Gasteiger partial charge in [0.2, 0.25) is 6.79 Å². The van der Waals surface area contributed by atoms with Crippen molar-refractivity contribution < 1.29 is 19.0 Å². The van der Waals surface area contributed by atoms with Crippen LogP contribution in [0.15, 0.2) is 24.4 Å². The van der Waals surface area contributed by atoms with Crippen molar-refractivity contribution in [2.75, 3.05) is 13.9 Å². The molecule has 5 heteroatoms. The highest BCUT2D eigenvalue weighted by molar-refractivity contribution is 5.87. The van der Waals surface area contributed by atoms with Gasteiger partial charge in [-0.25, -0.2) is 0 Å². The van der Waals surface area contributed by atoms with Crippen LogP contribution in [-0.2, 0) is 9.53 Å². The quantitative estimate of drug-likeness (QED) is 0.651. The van der Waals surface area contributed by atoms with Crippen LogP contribution in [0.3, 0.4) is 0 Å². The summed E-state index contributed by atoms with van der Waals surface area (Å²) >= 11 is 0. The molecule has 0 bridgehead atoms. The highest BCUT2D eigenvalue weighted by atomic mass is 16.7. The lowest BCUT2D eigenvalue weighted by atomic mass is 10.2. The third kappa shape index (κ3) is 2.50. The number of nitrogens with one attached hydrogen (secondary N) is 1. The maximum atomic E-state index is 10.6. The molecule has 1 aromatic carbocycles. The van der Waals surface area contributed by atoms with E-state index in [0.717, 1.165) is 16.7 Å². The van der Waals surface area contributed by atoms with Crippen LogP contribution in [0.5, 0.6) is 11.5 Å². The molecule has 5 nitrogen and oxygen atoms in total. The van der Waals surface area contributed by atoms with Gasteiger partial charge in [-0.1, -0.05) is 0 Å². The predicted molar refractivity (Wildman–Crippen MR) is 62.1 cm³/mol. The number of H-pyrrole nitrogens is 1. The number of hydrogen-bond donors (Lipinski definition) is 1. The summed E-state index contributed by atoms with van der Waals surface area (Å²) < 4.78 is 15.2. The number of hydrogen-bond acceptors (Lipinski definition) is 4. The number of rotatable bonds is 4. The summed E-state index contributed by atoms with van der Waals surface area (Å²) in [5, 5.41) is 0.886. The fourth-order valence-corrected chi connectivity index (χ4v) is 1.50. The van der Waals surface area contributed by atoms with E-state index in [1.54, 1.807) is 13.3 Å². The number of aromatic amines is 1. The summed E-state index contributed by atoms with van der Waals surface area (Å²) in [4.78, 5) is 13.7. The number of benzene rings is 1. The largest absolute Gasteiger partial charge is 0.497 e. The number of aromatic nitrogens is 1. The molecule has 2 aromatic rings. The normalized spacial score (nSPS) is 10.2. The molecule has 1 N–H and O–H groups in total. The Labute approximate surface area is 98.3 Å². The van der Waals surface area contributed by atoms with Crippen molar-refractivity contribution in [1.29, 1.82) is 0 Å². The molecule has 0 saturated heterocycles. The van der Waals surface area contributed by atoms with Gasteiger partial charge in [0.05, 0.1) is 7.11 Å². The Bertz CT molecular complexity index is 532. The summed E-state index contributed by atoms with van der Waals surface area (Å²) in [6, 6.07) is 5.61. The monoisotopic (exact) mass is 235 g/mol. The average Bonchev–Trinajstić information content (AvgIpc) is 2.71. The Hall–Kier alpha value is -2.17. The average molecular weight is 235 g/mol. The molecule has 0 amide bonds. The molecule has 1 aromatic heterocycles. The molecule has 0 aliphatic heterocycles. The molecule has 0 fully saturated rings. The lowest BCUT2D eigenvalue weighted by Crippen LogP contribution is -2.06. The zero-order valence-corrected chi connectivity index (χ0v) is 9.65. The highest BCUT2D eigenvalue weighted by Gasteiger charge is 2.06. The standard InChI is InChI=1S/C12H13NO4/c1-8(14)16-7-17-12-6-13-11-4-3-9(15-2)5-10(11)12/h3-6,13H,7H2,1-2H3. The van der Waals surface area contributed by atoms with Gasteiger partial charge in [0.1, 0.15) is 11.5 Å².